The average Bonchev–Trinajstić information content (AvgIpc) is 3.26. The van der Waals surface area contributed by atoms with Gasteiger partial charge in [0.25, 0.3) is 5.91 Å². The van der Waals surface area contributed by atoms with Crippen LogP contribution in [0, 0.1) is 5.92 Å². The number of hydrogen-bond acceptors (Lipinski definition) is 5. The minimum atomic E-state index is -0.925. The molecule has 0 spiro atoms. The monoisotopic (exact) mass is 404 g/mol. The van der Waals surface area contributed by atoms with Crippen molar-refractivity contribution in [1.82, 2.24) is 5.32 Å². The summed E-state index contributed by atoms with van der Waals surface area (Å²) in [6.45, 7) is 2.46. The van der Waals surface area contributed by atoms with Crippen molar-refractivity contribution in [3.05, 3.63) is 40.2 Å². The van der Waals surface area contributed by atoms with Crippen LogP contribution in [0.1, 0.15) is 59.2 Å². The van der Waals surface area contributed by atoms with Crippen molar-refractivity contribution in [2.24, 2.45) is 5.92 Å². The lowest BCUT2D eigenvalue weighted by molar-refractivity contribution is -0.137. The average molecular weight is 404 g/mol. The fraction of sp³-hybridized carbons (Fsp3) is 0.450. The molecule has 0 aliphatic heterocycles. The first-order valence-corrected chi connectivity index (χ1v) is 10.2. The summed E-state index contributed by atoms with van der Waals surface area (Å²) in [6.07, 6.45) is 4.59. The van der Waals surface area contributed by atoms with Gasteiger partial charge in [-0.05, 0) is 49.3 Å². The van der Waals surface area contributed by atoms with E-state index in [0.717, 1.165) is 29.7 Å². The molecule has 28 heavy (non-hydrogen) atoms. The predicted molar refractivity (Wildman–Crippen MR) is 106 cm³/mol. The van der Waals surface area contributed by atoms with Crippen LogP contribution >= 0.6 is 11.3 Å². The second-order valence-electron chi connectivity index (χ2n) is 7.11. The summed E-state index contributed by atoms with van der Waals surface area (Å²) in [7, 11) is 0. The molecular weight excluding hydrogens is 380 g/mol. The topological polar surface area (TPSA) is 109 Å². The lowest BCUT2D eigenvalue weighted by Crippen LogP contribution is -2.25. The number of carboxylic acids is 1. The van der Waals surface area contributed by atoms with Crippen molar-refractivity contribution >= 4 is 34.1 Å². The van der Waals surface area contributed by atoms with Crippen LogP contribution in [0.5, 0.6) is 0 Å². The number of aliphatic carboxylic acids is 1. The van der Waals surface area contributed by atoms with Crippen molar-refractivity contribution in [3.63, 3.8) is 0 Å². The van der Waals surface area contributed by atoms with Gasteiger partial charge in [-0.25, -0.2) is 0 Å². The molecule has 0 radical (unpaired) electrons. The minimum absolute atomic E-state index is 0.0532. The third kappa shape index (κ3) is 5.01. The number of carbonyl (C=O) groups is 3. The van der Waals surface area contributed by atoms with E-state index in [4.69, 9.17) is 9.52 Å². The van der Waals surface area contributed by atoms with E-state index in [2.05, 4.69) is 17.6 Å². The highest BCUT2D eigenvalue weighted by Gasteiger charge is 2.28. The Labute approximate surface area is 167 Å². The first kappa shape index (κ1) is 20.1. The zero-order valence-electron chi connectivity index (χ0n) is 15.7. The van der Waals surface area contributed by atoms with Crippen molar-refractivity contribution < 1.29 is 23.9 Å². The Bertz CT molecular complexity index is 856. The molecule has 2 aromatic heterocycles. The SMILES string of the molecule is C[C@H]1CCc2c(sc(NC(=O)CCCC(=O)O)c2C(=O)NCc2ccco2)C1. The molecule has 3 rings (SSSR count). The van der Waals surface area contributed by atoms with Gasteiger partial charge in [-0.3, -0.25) is 14.4 Å². The maximum Gasteiger partial charge on any atom is 0.303 e. The summed E-state index contributed by atoms with van der Waals surface area (Å²) in [4.78, 5) is 36.9. The molecule has 2 aromatic rings. The van der Waals surface area contributed by atoms with Crippen LogP contribution < -0.4 is 10.6 Å². The van der Waals surface area contributed by atoms with Gasteiger partial charge in [0.2, 0.25) is 5.91 Å². The molecule has 2 amide bonds. The summed E-state index contributed by atoms with van der Waals surface area (Å²) >= 11 is 1.45. The highest BCUT2D eigenvalue weighted by molar-refractivity contribution is 7.17. The van der Waals surface area contributed by atoms with Crippen LogP contribution in [0.25, 0.3) is 0 Å². The van der Waals surface area contributed by atoms with Crippen molar-refractivity contribution in [2.45, 2.75) is 52.0 Å². The first-order valence-electron chi connectivity index (χ1n) is 9.40. The minimum Gasteiger partial charge on any atom is -0.481 e. The number of rotatable bonds is 8. The Kier molecular flexibility index (Phi) is 6.51. The van der Waals surface area contributed by atoms with E-state index in [1.54, 1.807) is 18.4 Å². The van der Waals surface area contributed by atoms with Crippen LogP contribution in [-0.4, -0.2) is 22.9 Å². The maximum atomic E-state index is 12.9. The maximum absolute atomic E-state index is 12.9. The molecule has 1 atom stereocenters. The van der Waals surface area contributed by atoms with E-state index in [0.29, 0.717) is 22.2 Å². The smallest absolute Gasteiger partial charge is 0.303 e. The summed E-state index contributed by atoms with van der Waals surface area (Å²) < 4.78 is 5.26. The van der Waals surface area contributed by atoms with Crippen LogP contribution in [0.3, 0.4) is 0 Å². The van der Waals surface area contributed by atoms with Gasteiger partial charge in [-0.2, -0.15) is 0 Å². The molecule has 0 fully saturated rings. The third-order valence-electron chi connectivity index (χ3n) is 4.79. The number of thiophene rings is 1. The van der Waals surface area contributed by atoms with Crippen LogP contribution in [0.15, 0.2) is 22.8 Å². The molecule has 2 heterocycles. The molecule has 1 aliphatic rings. The van der Waals surface area contributed by atoms with E-state index in [1.807, 2.05) is 0 Å². The summed E-state index contributed by atoms with van der Waals surface area (Å²) in [5.41, 5.74) is 1.55. The standard InChI is InChI=1S/C20H24N2O5S/c1-12-7-8-14-15(10-12)28-20(22-16(23)5-2-6-17(24)25)18(14)19(26)21-11-13-4-3-9-27-13/h3-4,9,12H,2,5-8,10-11H2,1H3,(H,21,26)(H,22,23)(H,24,25)/t12-/m0/s1. The highest BCUT2D eigenvalue weighted by atomic mass is 32.1. The van der Waals surface area contributed by atoms with Gasteiger partial charge in [0.05, 0.1) is 18.4 Å². The van der Waals surface area contributed by atoms with Gasteiger partial charge in [-0.15, -0.1) is 11.3 Å². The number of carboxylic acid groups (broad SMARTS) is 1. The lowest BCUT2D eigenvalue weighted by Gasteiger charge is -2.18. The number of hydrogen-bond donors (Lipinski definition) is 3. The number of carbonyl (C=O) groups excluding carboxylic acids is 2. The molecule has 7 nitrogen and oxygen atoms in total. The van der Waals surface area contributed by atoms with E-state index in [-0.39, 0.29) is 37.6 Å². The van der Waals surface area contributed by atoms with Crippen molar-refractivity contribution in [3.8, 4) is 0 Å². The first-order chi connectivity index (χ1) is 13.4. The second-order valence-corrected chi connectivity index (χ2v) is 8.22. The van der Waals surface area contributed by atoms with Crippen LogP contribution in [-0.2, 0) is 29.0 Å². The Morgan fingerprint density at radius 2 is 2.14 bits per heavy atom. The molecule has 0 unspecified atom stereocenters. The molecular formula is C20H24N2O5S. The van der Waals surface area contributed by atoms with Crippen molar-refractivity contribution in [1.29, 1.82) is 0 Å². The normalized spacial score (nSPS) is 15.7. The molecule has 150 valence electrons. The molecule has 0 saturated heterocycles. The summed E-state index contributed by atoms with van der Waals surface area (Å²) in [5, 5.41) is 15.0. The predicted octanol–water partition coefficient (Wildman–Crippen LogP) is 3.59. The third-order valence-corrected chi connectivity index (χ3v) is 5.96. The second kappa shape index (κ2) is 9.05. The lowest BCUT2D eigenvalue weighted by atomic mass is 9.88. The van der Waals surface area contributed by atoms with Gasteiger partial charge in [0.1, 0.15) is 10.8 Å². The highest BCUT2D eigenvalue weighted by Crippen LogP contribution is 2.39. The van der Waals surface area contributed by atoms with Crippen LogP contribution in [0.4, 0.5) is 5.00 Å². The fourth-order valence-corrected chi connectivity index (χ4v) is 4.76. The van der Waals surface area contributed by atoms with Gasteiger partial charge < -0.3 is 20.2 Å². The summed E-state index contributed by atoms with van der Waals surface area (Å²) in [5.74, 6) is -0.224. The molecule has 0 bridgehead atoms. The number of nitrogens with one attached hydrogen (secondary N) is 2. The van der Waals surface area contributed by atoms with Gasteiger partial charge >= 0.3 is 5.97 Å². The quantitative estimate of drug-likeness (QED) is 0.623. The van der Waals surface area contributed by atoms with E-state index >= 15 is 0 Å². The summed E-state index contributed by atoms with van der Waals surface area (Å²) in [6, 6.07) is 3.55. The fourth-order valence-electron chi connectivity index (χ4n) is 3.34. The largest absolute Gasteiger partial charge is 0.481 e. The van der Waals surface area contributed by atoms with E-state index < -0.39 is 5.97 Å². The zero-order chi connectivity index (χ0) is 20.1. The Balaban J connectivity index is 1.75. The van der Waals surface area contributed by atoms with Gasteiger partial charge in [-0.1, -0.05) is 6.92 Å². The molecule has 8 heteroatoms. The molecule has 3 N–H and O–H groups in total. The van der Waals surface area contributed by atoms with Gasteiger partial charge in [0.15, 0.2) is 0 Å². The molecule has 0 aromatic carbocycles. The number of furan rings is 1. The van der Waals surface area contributed by atoms with E-state index in [9.17, 15) is 14.4 Å². The van der Waals surface area contributed by atoms with E-state index in [1.165, 1.54) is 11.3 Å². The van der Waals surface area contributed by atoms with Crippen molar-refractivity contribution in [2.75, 3.05) is 5.32 Å². The Morgan fingerprint density at radius 1 is 1.32 bits per heavy atom. The number of amides is 2. The number of anilines is 1. The Morgan fingerprint density at radius 3 is 2.86 bits per heavy atom. The Hall–Kier alpha value is -2.61. The van der Waals surface area contributed by atoms with Gasteiger partial charge in [0, 0.05) is 17.7 Å². The number of fused-ring (bicyclic) bond motifs is 1. The molecule has 1 aliphatic carbocycles. The molecule has 0 saturated carbocycles. The van der Waals surface area contributed by atoms with Crippen LogP contribution in [0.2, 0.25) is 0 Å². The zero-order valence-corrected chi connectivity index (χ0v) is 16.6.